The van der Waals surface area contributed by atoms with Crippen LogP contribution in [0.15, 0.2) is 4.42 Å². The van der Waals surface area contributed by atoms with Gasteiger partial charge < -0.3 is 9.15 Å². The molecule has 0 spiro atoms. The molecule has 0 aliphatic rings. The lowest BCUT2D eigenvalue weighted by molar-refractivity contribution is 0.0486. The highest BCUT2D eigenvalue weighted by molar-refractivity contribution is 5.87. The number of rotatable bonds is 4. The van der Waals surface area contributed by atoms with Crippen LogP contribution in [0.4, 0.5) is 0 Å². The Kier molecular flexibility index (Phi) is 3.88. The SMILES string of the molecule is CCOC(=O)c1oc(C(C)C)nc1CC. The van der Waals surface area contributed by atoms with Crippen molar-refractivity contribution in [2.45, 2.75) is 40.0 Å². The minimum atomic E-state index is -0.422. The van der Waals surface area contributed by atoms with E-state index in [4.69, 9.17) is 9.15 Å². The maximum absolute atomic E-state index is 11.5. The van der Waals surface area contributed by atoms with Gasteiger partial charge in [0.1, 0.15) is 0 Å². The minimum Gasteiger partial charge on any atom is -0.460 e. The second kappa shape index (κ2) is 4.96. The Bertz CT molecular complexity index is 342. The Morgan fingerprint density at radius 2 is 2.13 bits per heavy atom. The fourth-order valence-corrected chi connectivity index (χ4v) is 1.21. The molecule has 0 saturated carbocycles. The fraction of sp³-hybridized carbons (Fsp3) is 0.636. The molecular formula is C11H17NO3. The standard InChI is InChI=1S/C11H17NO3/c1-5-8-9(11(13)14-6-2)15-10(12-8)7(3)4/h7H,5-6H2,1-4H3. The van der Waals surface area contributed by atoms with Crippen molar-refractivity contribution in [1.82, 2.24) is 4.98 Å². The van der Waals surface area contributed by atoms with Crippen LogP contribution in [0.2, 0.25) is 0 Å². The number of carbonyl (C=O) groups is 1. The zero-order valence-electron chi connectivity index (χ0n) is 9.66. The molecule has 0 saturated heterocycles. The molecule has 0 radical (unpaired) electrons. The Morgan fingerprint density at radius 3 is 2.60 bits per heavy atom. The monoisotopic (exact) mass is 211 g/mol. The van der Waals surface area contributed by atoms with Crippen LogP contribution in [0.5, 0.6) is 0 Å². The van der Waals surface area contributed by atoms with E-state index in [-0.39, 0.29) is 11.7 Å². The molecule has 1 heterocycles. The van der Waals surface area contributed by atoms with Gasteiger partial charge in [0.05, 0.1) is 12.3 Å². The van der Waals surface area contributed by atoms with E-state index < -0.39 is 5.97 Å². The molecule has 1 aromatic rings. The highest BCUT2D eigenvalue weighted by Gasteiger charge is 2.21. The lowest BCUT2D eigenvalue weighted by Gasteiger charge is -1.98. The highest BCUT2D eigenvalue weighted by Crippen LogP contribution is 2.19. The van der Waals surface area contributed by atoms with Gasteiger partial charge in [-0.15, -0.1) is 0 Å². The second-order valence-electron chi connectivity index (χ2n) is 3.56. The summed E-state index contributed by atoms with van der Waals surface area (Å²) in [6.45, 7) is 7.99. The van der Waals surface area contributed by atoms with E-state index in [1.54, 1.807) is 6.92 Å². The van der Waals surface area contributed by atoms with Gasteiger partial charge in [-0.05, 0) is 13.3 Å². The number of esters is 1. The van der Waals surface area contributed by atoms with Crippen molar-refractivity contribution in [3.05, 3.63) is 17.3 Å². The van der Waals surface area contributed by atoms with E-state index in [0.29, 0.717) is 24.6 Å². The third kappa shape index (κ3) is 2.58. The molecular weight excluding hydrogens is 194 g/mol. The topological polar surface area (TPSA) is 52.3 Å². The first-order valence-corrected chi connectivity index (χ1v) is 5.26. The number of ether oxygens (including phenoxy) is 1. The predicted octanol–water partition coefficient (Wildman–Crippen LogP) is 2.54. The summed E-state index contributed by atoms with van der Waals surface area (Å²) in [5.41, 5.74) is 0.678. The molecule has 4 heteroatoms. The van der Waals surface area contributed by atoms with E-state index in [9.17, 15) is 4.79 Å². The maximum Gasteiger partial charge on any atom is 0.376 e. The van der Waals surface area contributed by atoms with Crippen molar-refractivity contribution in [3.63, 3.8) is 0 Å². The number of carbonyl (C=O) groups excluding carboxylic acids is 1. The van der Waals surface area contributed by atoms with Crippen LogP contribution >= 0.6 is 0 Å². The molecule has 1 aromatic heterocycles. The van der Waals surface area contributed by atoms with Crippen LogP contribution in [0.25, 0.3) is 0 Å². The Morgan fingerprint density at radius 1 is 1.47 bits per heavy atom. The van der Waals surface area contributed by atoms with Crippen molar-refractivity contribution >= 4 is 5.97 Å². The average molecular weight is 211 g/mol. The quantitative estimate of drug-likeness (QED) is 0.718. The van der Waals surface area contributed by atoms with Crippen LogP contribution in [-0.2, 0) is 11.2 Å². The predicted molar refractivity (Wildman–Crippen MR) is 55.9 cm³/mol. The van der Waals surface area contributed by atoms with Crippen molar-refractivity contribution in [2.24, 2.45) is 0 Å². The zero-order valence-corrected chi connectivity index (χ0v) is 9.66. The van der Waals surface area contributed by atoms with Gasteiger partial charge >= 0.3 is 5.97 Å². The van der Waals surface area contributed by atoms with E-state index in [1.807, 2.05) is 20.8 Å². The van der Waals surface area contributed by atoms with E-state index >= 15 is 0 Å². The number of oxazole rings is 1. The number of hydrogen-bond acceptors (Lipinski definition) is 4. The summed E-state index contributed by atoms with van der Waals surface area (Å²) in [4.78, 5) is 15.8. The van der Waals surface area contributed by atoms with Crippen molar-refractivity contribution < 1.29 is 13.9 Å². The van der Waals surface area contributed by atoms with Crippen LogP contribution in [0.3, 0.4) is 0 Å². The summed E-state index contributed by atoms with van der Waals surface area (Å²) in [6, 6.07) is 0. The molecule has 0 fully saturated rings. The molecule has 0 bridgehead atoms. The summed E-state index contributed by atoms with van der Waals surface area (Å²) in [5.74, 6) is 0.602. The van der Waals surface area contributed by atoms with Gasteiger partial charge in [0.2, 0.25) is 5.76 Å². The average Bonchev–Trinajstić information content (AvgIpc) is 2.61. The molecule has 0 aliphatic heterocycles. The molecule has 15 heavy (non-hydrogen) atoms. The summed E-state index contributed by atoms with van der Waals surface area (Å²) in [5, 5.41) is 0. The molecule has 0 N–H and O–H groups in total. The van der Waals surface area contributed by atoms with Gasteiger partial charge in [-0.3, -0.25) is 0 Å². The molecule has 0 amide bonds. The molecule has 1 rings (SSSR count). The van der Waals surface area contributed by atoms with Crippen molar-refractivity contribution in [3.8, 4) is 0 Å². The first-order chi connectivity index (χ1) is 7.10. The Labute approximate surface area is 89.6 Å². The van der Waals surface area contributed by atoms with Crippen LogP contribution in [0, 0.1) is 0 Å². The van der Waals surface area contributed by atoms with Crippen LogP contribution in [-0.4, -0.2) is 17.6 Å². The molecule has 0 aliphatic carbocycles. The van der Waals surface area contributed by atoms with Gasteiger partial charge in [-0.1, -0.05) is 20.8 Å². The number of aryl methyl sites for hydroxylation is 1. The fourth-order valence-electron chi connectivity index (χ4n) is 1.21. The maximum atomic E-state index is 11.5. The van der Waals surface area contributed by atoms with E-state index in [1.165, 1.54) is 0 Å². The number of hydrogen-bond donors (Lipinski definition) is 0. The summed E-state index contributed by atoms with van der Waals surface area (Å²) >= 11 is 0. The van der Waals surface area contributed by atoms with Crippen molar-refractivity contribution in [1.29, 1.82) is 0 Å². The third-order valence-electron chi connectivity index (χ3n) is 2.00. The Hall–Kier alpha value is -1.32. The number of nitrogens with zero attached hydrogens (tertiary/aromatic N) is 1. The van der Waals surface area contributed by atoms with Crippen LogP contribution < -0.4 is 0 Å². The van der Waals surface area contributed by atoms with Crippen molar-refractivity contribution in [2.75, 3.05) is 6.61 Å². The molecule has 84 valence electrons. The van der Waals surface area contributed by atoms with Gasteiger partial charge in [-0.25, -0.2) is 9.78 Å². The molecule has 0 atom stereocenters. The normalized spacial score (nSPS) is 10.7. The lowest BCUT2D eigenvalue weighted by Crippen LogP contribution is -2.05. The first kappa shape index (κ1) is 11.8. The smallest absolute Gasteiger partial charge is 0.376 e. The highest BCUT2D eigenvalue weighted by atomic mass is 16.5. The van der Waals surface area contributed by atoms with Crippen LogP contribution in [0.1, 0.15) is 55.8 Å². The molecule has 0 unspecified atom stereocenters. The lowest BCUT2D eigenvalue weighted by atomic mass is 10.2. The van der Waals surface area contributed by atoms with E-state index in [0.717, 1.165) is 0 Å². The third-order valence-corrected chi connectivity index (χ3v) is 2.00. The summed E-state index contributed by atoms with van der Waals surface area (Å²) in [7, 11) is 0. The molecule has 0 aromatic carbocycles. The minimum absolute atomic E-state index is 0.179. The van der Waals surface area contributed by atoms with Gasteiger partial charge in [-0.2, -0.15) is 0 Å². The van der Waals surface area contributed by atoms with Gasteiger partial charge in [0, 0.05) is 5.92 Å². The van der Waals surface area contributed by atoms with Gasteiger partial charge in [0.15, 0.2) is 5.89 Å². The van der Waals surface area contributed by atoms with E-state index in [2.05, 4.69) is 4.98 Å². The number of aromatic nitrogens is 1. The summed E-state index contributed by atoms with van der Waals surface area (Å²) in [6.07, 6.45) is 0.671. The summed E-state index contributed by atoms with van der Waals surface area (Å²) < 4.78 is 10.3. The molecule has 4 nitrogen and oxygen atoms in total. The Balaban J connectivity index is 3.00. The zero-order chi connectivity index (χ0) is 11.4. The first-order valence-electron chi connectivity index (χ1n) is 5.26. The van der Waals surface area contributed by atoms with Gasteiger partial charge in [0.25, 0.3) is 0 Å². The second-order valence-corrected chi connectivity index (χ2v) is 3.56. The largest absolute Gasteiger partial charge is 0.460 e.